The number of aryl methyl sites for hydroxylation is 1. The molecule has 2 aromatic rings. The van der Waals surface area contributed by atoms with Crippen molar-refractivity contribution in [3.8, 4) is 11.4 Å². The summed E-state index contributed by atoms with van der Waals surface area (Å²) in [6, 6.07) is 1.88. The number of anilines is 1. The quantitative estimate of drug-likeness (QED) is 0.936. The molecule has 0 aromatic carbocycles. The van der Waals surface area contributed by atoms with Gasteiger partial charge in [0.05, 0.1) is 16.3 Å². The molecular formula is C12H14BrN3O. The smallest absolute Gasteiger partial charge is 0.165 e. The number of aromatic nitrogens is 2. The first-order valence-electron chi connectivity index (χ1n) is 5.53. The maximum Gasteiger partial charge on any atom is 0.165 e. The first-order chi connectivity index (χ1) is 8.22. The Morgan fingerprint density at radius 3 is 2.94 bits per heavy atom. The minimum atomic E-state index is 0.679. The van der Waals surface area contributed by atoms with Crippen molar-refractivity contribution in [1.82, 2.24) is 9.97 Å². The number of nitrogens with one attached hydrogen (secondary N) is 1. The lowest BCUT2D eigenvalue weighted by Gasteiger charge is -2.07. The lowest BCUT2D eigenvalue weighted by Crippen LogP contribution is -2.04. The predicted molar refractivity (Wildman–Crippen MR) is 71.0 cm³/mol. The second-order valence-electron chi connectivity index (χ2n) is 3.71. The Hall–Kier alpha value is -1.36. The summed E-state index contributed by atoms with van der Waals surface area (Å²) in [6.07, 6.45) is 4.46. The van der Waals surface area contributed by atoms with Gasteiger partial charge in [-0.3, -0.25) is 0 Å². The molecule has 17 heavy (non-hydrogen) atoms. The summed E-state index contributed by atoms with van der Waals surface area (Å²) in [6.45, 7) is 4.91. The Morgan fingerprint density at radius 1 is 1.47 bits per heavy atom. The van der Waals surface area contributed by atoms with E-state index in [1.165, 1.54) is 0 Å². The van der Waals surface area contributed by atoms with E-state index in [9.17, 15) is 0 Å². The average molecular weight is 296 g/mol. The summed E-state index contributed by atoms with van der Waals surface area (Å²) in [7, 11) is 0. The number of nitrogens with zero attached hydrogens (tertiary/aromatic N) is 2. The summed E-state index contributed by atoms with van der Waals surface area (Å²) >= 11 is 3.43. The van der Waals surface area contributed by atoms with Gasteiger partial charge in [0.25, 0.3) is 0 Å². The Kier molecular flexibility index (Phi) is 3.78. The zero-order valence-corrected chi connectivity index (χ0v) is 11.4. The van der Waals surface area contributed by atoms with Gasteiger partial charge in [-0.25, -0.2) is 9.97 Å². The fourth-order valence-corrected chi connectivity index (χ4v) is 1.81. The highest BCUT2D eigenvalue weighted by molar-refractivity contribution is 9.10. The van der Waals surface area contributed by atoms with Crippen LogP contribution in [0.1, 0.15) is 19.1 Å². The molecule has 0 aliphatic carbocycles. The van der Waals surface area contributed by atoms with Crippen molar-refractivity contribution in [3.05, 3.63) is 28.8 Å². The third-order valence-electron chi connectivity index (χ3n) is 2.39. The molecule has 1 N–H and O–H groups in total. The minimum absolute atomic E-state index is 0.679. The van der Waals surface area contributed by atoms with E-state index in [1.54, 1.807) is 12.5 Å². The van der Waals surface area contributed by atoms with Gasteiger partial charge in [-0.2, -0.15) is 0 Å². The van der Waals surface area contributed by atoms with Gasteiger partial charge in [0.2, 0.25) is 0 Å². The van der Waals surface area contributed by atoms with Crippen molar-refractivity contribution in [1.29, 1.82) is 0 Å². The van der Waals surface area contributed by atoms with Crippen molar-refractivity contribution in [3.63, 3.8) is 0 Å². The second-order valence-corrected chi connectivity index (χ2v) is 4.56. The van der Waals surface area contributed by atoms with Crippen LogP contribution in [0.4, 0.5) is 5.82 Å². The average Bonchev–Trinajstić information content (AvgIpc) is 2.75. The normalized spacial score (nSPS) is 10.5. The Bertz CT molecular complexity index is 510. The molecule has 0 amide bonds. The predicted octanol–water partition coefficient (Wildman–Crippen LogP) is 3.63. The van der Waals surface area contributed by atoms with Crippen LogP contribution in [0.3, 0.4) is 0 Å². The molecule has 0 unspecified atom stereocenters. The largest absolute Gasteiger partial charge is 0.469 e. The topological polar surface area (TPSA) is 51.0 Å². The van der Waals surface area contributed by atoms with Gasteiger partial charge in [-0.05, 0) is 35.3 Å². The van der Waals surface area contributed by atoms with Gasteiger partial charge < -0.3 is 9.73 Å². The molecule has 0 bridgehead atoms. The lowest BCUT2D eigenvalue weighted by atomic mass is 10.2. The van der Waals surface area contributed by atoms with Gasteiger partial charge >= 0.3 is 0 Å². The van der Waals surface area contributed by atoms with Crippen LogP contribution < -0.4 is 5.32 Å². The number of rotatable bonds is 4. The molecule has 4 nitrogen and oxygen atoms in total. The van der Waals surface area contributed by atoms with E-state index in [4.69, 9.17) is 4.42 Å². The van der Waals surface area contributed by atoms with E-state index in [1.807, 2.05) is 13.0 Å². The Labute approximate surface area is 109 Å². The van der Waals surface area contributed by atoms with Crippen LogP contribution in [0.25, 0.3) is 11.4 Å². The molecule has 0 radical (unpaired) electrons. The summed E-state index contributed by atoms with van der Waals surface area (Å²) < 4.78 is 6.13. The van der Waals surface area contributed by atoms with Crippen LogP contribution >= 0.6 is 15.9 Å². The molecule has 5 heteroatoms. The van der Waals surface area contributed by atoms with Crippen molar-refractivity contribution in [2.24, 2.45) is 0 Å². The van der Waals surface area contributed by atoms with E-state index >= 15 is 0 Å². The highest BCUT2D eigenvalue weighted by Crippen LogP contribution is 2.25. The second kappa shape index (κ2) is 5.31. The highest BCUT2D eigenvalue weighted by atomic mass is 79.9. The van der Waals surface area contributed by atoms with Crippen LogP contribution in [-0.2, 0) is 0 Å². The van der Waals surface area contributed by atoms with Crippen molar-refractivity contribution in [2.75, 3.05) is 11.9 Å². The van der Waals surface area contributed by atoms with Crippen LogP contribution in [0.15, 0.2) is 27.4 Å². The number of furan rings is 1. The van der Waals surface area contributed by atoms with Crippen molar-refractivity contribution < 1.29 is 4.42 Å². The lowest BCUT2D eigenvalue weighted by molar-refractivity contribution is 0.535. The zero-order chi connectivity index (χ0) is 12.3. The Morgan fingerprint density at radius 2 is 2.29 bits per heavy atom. The van der Waals surface area contributed by atoms with Gasteiger partial charge in [-0.1, -0.05) is 6.92 Å². The highest BCUT2D eigenvalue weighted by Gasteiger charge is 2.10. The molecule has 2 rings (SSSR count). The standard InChI is InChI=1S/C12H14BrN3O/c1-3-5-14-12-10(13)7-15-11(16-12)9-4-6-17-8(9)2/h4,6-7H,3,5H2,1-2H3,(H,14,15,16). The molecule has 2 aromatic heterocycles. The maximum atomic E-state index is 5.26. The van der Waals surface area contributed by atoms with Crippen LogP contribution in [-0.4, -0.2) is 16.5 Å². The van der Waals surface area contributed by atoms with Gasteiger partial charge in [0, 0.05) is 12.7 Å². The third-order valence-corrected chi connectivity index (χ3v) is 2.97. The summed E-state index contributed by atoms with van der Waals surface area (Å²) in [4.78, 5) is 8.78. The number of hydrogen-bond donors (Lipinski definition) is 1. The minimum Gasteiger partial charge on any atom is -0.469 e. The van der Waals surface area contributed by atoms with Crippen LogP contribution in [0.2, 0.25) is 0 Å². The fourth-order valence-electron chi connectivity index (χ4n) is 1.48. The van der Waals surface area contributed by atoms with Crippen LogP contribution in [0.5, 0.6) is 0 Å². The maximum absolute atomic E-state index is 5.26. The number of halogens is 1. The first-order valence-corrected chi connectivity index (χ1v) is 6.32. The zero-order valence-electron chi connectivity index (χ0n) is 9.83. The molecule has 0 saturated heterocycles. The summed E-state index contributed by atoms with van der Waals surface area (Å²) in [5, 5.41) is 3.26. The third kappa shape index (κ3) is 2.66. The molecule has 0 spiro atoms. The molecule has 0 aliphatic heterocycles. The van der Waals surface area contributed by atoms with E-state index in [0.717, 1.165) is 34.6 Å². The molecular weight excluding hydrogens is 282 g/mol. The molecule has 0 fully saturated rings. The number of hydrogen-bond acceptors (Lipinski definition) is 4. The molecule has 0 aliphatic rings. The van der Waals surface area contributed by atoms with E-state index < -0.39 is 0 Å². The summed E-state index contributed by atoms with van der Waals surface area (Å²) in [5.74, 6) is 2.32. The van der Waals surface area contributed by atoms with E-state index in [2.05, 4.69) is 38.1 Å². The van der Waals surface area contributed by atoms with E-state index in [0.29, 0.717) is 5.82 Å². The van der Waals surface area contributed by atoms with Gasteiger partial charge in [0.1, 0.15) is 11.6 Å². The summed E-state index contributed by atoms with van der Waals surface area (Å²) in [5.41, 5.74) is 0.928. The van der Waals surface area contributed by atoms with E-state index in [-0.39, 0.29) is 0 Å². The molecule has 0 atom stereocenters. The molecule has 0 saturated carbocycles. The first kappa shape index (κ1) is 12.1. The van der Waals surface area contributed by atoms with Gasteiger partial charge in [-0.15, -0.1) is 0 Å². The fraction of sp³-hybridized carbons (Fsp3) is 0.333. The van der Waals surface area contributed by atoms with Crippen LogP contribution in [0, 0.1) is 6.92 Å². The van der Waals surface area contributed by atoms with Gasteiger partial charge in [0.15, 0.2) is 5.82 Å². The molecule has 90 valence electrons. The molecule has 2 heterocycles. The van der Waals surface area contributed by atoms with Crippen molar-refractivity contribution >= 4 is 21.7 Å². The van der Waals surface area contributed by atoms with Crippen molar-refractivity contribution in [2.45, 2.75) is 20.3 Å². The Balaban J connectivity index is 2.34. The monoisotopic (exact) mass is 295 g/mol. The SMILES string of the molecule is CCCNc1nc(-c2ccoc2C)ncc1Br.